The van der Waals surface area contributed by atoms with Crippen molar-refractivity contribution in [1.82, 2.24) is 10.6 Å². The Kier molecular flexibility index (Phi) is 6.97. The highest BCUT2D eigenvalue weighted by atomic mass is 19.1. The van der Waals surface area contributed by atoms with Gasteiger partial charge in [-0.3, -0.25) is 4.79 Å². The lowest BCUT2D eigenvalue weighted by Crippen LogP contribution is -2.36. The predicted octanol–water partition coefficient (Wildman–Crippen LogP) is 1.25. The first-order valence-electron chi connectivity index (χ1n) is 6.41. The van der Waals surface area contributed by atoms with Crippen LogP contribution in [0.4, 0.5) is 4.39 Å². The fourth-order valence-electron chi connectivity index (χ4n) is 1.86. The Morgan fingerprint density at radius 2 is 2.15 bits per heavy atom. The number of carbonyl (C=O) groups excluding carboxylic acids is 1. The Morgan fingerprint density at radius 1 is 1.40 bits per heavy atom. The molecule has 0 aliphatic heterocycles. The second-order valence-electron chi connectivity index (χ2n) is 4.31. The van der Waals surface area contributed by atoms with E-state index < -0.39 is 11.9 Å². The Morgan fingerprint density at radius 3 is 2.80 bits per heavy atom. The van der Waals surface area contributed by atoms with Crippen LogP contribution < -0.4 is 15.4 Å². The topological polar surface area (TPSA) is 59.6 Å². The summed E-state index contributed by atoms with van der Waals surface area (Å²) in [5.74, 6) is -0.187. The van der Waals surface area contributed by atoms with Crippen LogP contribution >= 0.6 is 0 Å². The van der Waals surface area contributed by atoms with Gasteiger partial charge >= 0.3 is 0 Å². The van der Waals surface area contributed by atoms with E-state index >= 15 is 0 Å². The maximum Gasteiger partial charge on any atom is 0.234 e. The summed E-state index contributed by atoms with van der Waals surface area (Å²) in [6.07, 6.45) is 0. The molecule has 0 aliphatic carbocycles. The molecule has 0 saturated heterocycles. The number of nitrogens with one attached hydrogen (secondary N) is 2. The summed E-state index contributed by atoms with van der Waals surface area (Å²) < 4.78 is 23.8. The van der Waals surface area contributed by atoms with Crippen molar-refractivity contribution in [2.45, 2.75) is 13.0 Å². The molecular weight excluding hydrogens is 263 g/mol. The quantitative estimate of drug-likeness (QED) is 0.705. The molecule has 112 valence electrons. The number of halogens is 1. The first kappa shape index (κ1) is 16.4. The number of hydrogen-bond acceptors (Lipinski definition) is 4. The third-order valence-electron chi connectivity index (χ3n) is 2.81. The molecule has 1 aromatic rings. The number of carbonyl (C=O) groups is 1. The maximum atomic E-state index is 13.8. The van der Waals surface area contributed by atoms with Gasteiger partial charge in [0.2, 0.25) is 5.91 Å². The van der Waals surface area contributed by atoms with Crippen LogP contribution in [0.25, 0.3) is 0 Å². The van der Waals surface area contributed by atoms with E-state index in [0.29, 0.717) is 24.5 Å². The summed E-state index contributed by atoms with van der Waals surface area (Å²) in [6, 6.07) is 4.11. The number of ether oxygens (including phenoxy) is 2. The Labute approximate surface area is 118 Å². The highest BCUT2D eigenvalue weighted by molar-refractivity contribution is 5.78. The molecule has 2 N–H and O–H groups in total. The largest absolute Gasteiger partial charge is 0.496 e. The van der Waals surface area contributed by atoms with Crippen LogP contribution in [-0.2, 0) is 9.53 Å². The normalized spacial score (nSPS) is 12.0. The van der Waals surface area contributed by atoms with E-state index in [9.17, 15) is 9.18 Å². The molecule has 0 aromatic heterocycles. The number of rotatable bonds is 8. The highest BCUT2D eigenvalue weighted by Gasteiger charge is 2.17. The van der Waals surface area contributed by atoms with Gasteiger partial charge in [-0.05, 0) is 19.1 Å². The molecule has 0 saturated carbocycles. The van der Waals surface area contributed by atoms with E-state index in [0.717, 1.165) is 0 Å². The fourth-order valence-corrected chi connectivity index (χ4v) is 1.86. The molecule has 1 aromatic carbocycles. The molecule has 0 heterocycles. The lowest BCUT2D eigenvalue weighted by atomic mass is 10.1. The Hall–Kier alpha value is -1.66. The van der Waals surface area contributed by atoms with Crippen LogP contribution in [0.1, 0.15) is 18.5 Å². The van der Waals surface area contributed by atoms with E-state index in [1.165, 1.54) is 13.2 Å². The lowest BCUT2D eigenvalue weighted by Gasteiger charge is -2.18. The van der Waals surface area contributed by atoms with Gasteiger partial charge in [-0.1, -0.05) is 6.07 Å². The fraction of sp³-hybridized carbons (Fsp3) is 0.500. The summed E-state index contributed by atoms with van der Waals surface area (Å²) in [6.45, 7) is 2.99. The first-order valence-corrected chi connectivity index (χ1v) is 6.41. The van der Waals surface area contributed by atoms with Crippen LogP contribution in [0.2, 0.25) is 0 Å². The minimum absolute atomic E-state index is 0.157. The standard InChI is InChI=1S/C14H21FN2O3/c1-10(17-13(18)9-16-7-8-19-2)14-11(15)5-4-6-12(14)20-3/h4-6,10,16H,7-9H2,1-3H3,(H,17,18). The monoisotopic (exact) mass is 284 g/mol. The van der Waals surface area contributed by atoms with Gasteiger partial charge in [-0.15, -0.1) is 0 Å². The zero-order valence-electron chi connectivity index (χ0n) is 12.0. The van der Waals surface area contributed by atoms with Crippen molar-refractivity contribution in [3.8, 4) is 5.75 Å². The molecule has 0 aliphatic rings. The molecule has 0 radical (unpaired) electrons. The van der Waals surface area contributed by atoms with Crippen LogP contribution in [0.3, 0.4) is 0 Å². The number of methoxy groups -OCH3 is 2. The van der Waals surface area contributed by atoms with E-state index in [-0.39, 0.29) is 12.5 Å². The SMILES string of the molecule is COCCNCC(=O)NC(C)c1c(F)cccc1OC. The Bertz CT molecular complexity index is 440. The molecule has 5 nitrogen and oxygen atoms in total. The molecular formula is C14H21FN2O3. The van der Waals surface area contributed by atoms with Gasteiger partial charge in [-0.25, -0.2) is 4.39 Å². The van der Waals surface area contributed by atoms with Crippen LogP contribution in [0.5, 0.6) is 5.75 Å². The van der Waals surface area contributed by atoms with Crippen molar-refractivity contribution in [1.29, 1.82) is 0 Å². The van der Waals surface area contributed by atoms with Crippen molar-refractivity contribution in [2.75, 3.05) is 33.9 Å². The summed E-state index contributed by atoms with van der Waals surface area (Å²) in [5, 5.41) is 5.65. The van der Waals surface area contributed by atoms with Crippen molar-refractivity contribution >= 4 is 5.91 Å². The van der Waals surface area contributed by atoms with E-state index in [1.54, 1.807) is 26.2 Å². The molecule has 20 heavy (non-hydrogen) atoms. The highest BCUT2D eigenvalue weighted by Crippen LogP contribution is 2.27. The molecule has 0 bridgehead atoms. The molecule has 1 amide bonds. The van der Waals surface area contributed by atoms with Crippen molar-refractivity contribution in [3.63, 3.8) is 0 Å². The van der Waals surface area contributed by atoms with Gasteiger partial charge < -0.3 is 20.1 Å². The van der Waals surface area contributed by atoms with Gasteiger partial charge in [-0.2, -0.15) is 0 Å². The van der Waals surface area contributed by atoms with Crippen LogP contribution in [-0.4, -0.2) is 39.8 Å². The molecule has 0 spiro atoms. The van der Waals surface area contributed by atoms with Gasteiger partial charge in [0, 0.05) is 13.7 Å². The van der Waals surface area contributed by atoms with Crippen molar-refractivity contribution < 1.29 is 18.7 Å². The third kappa shape index (κ3) is 4.79. The lowest BCUT2D eigenvalue weighted by molar-refractivity contribution is -0.120. The first-order chi connectivity index (χ1) is 9.60. The molecule has 1 unspecified atom stereocenters. The molecule has 0 fully saturated rings. The summed E-state index contributed by atoms with van der Waals surface area (Å²) >= 11 is 0. The number of hydrogen-bond donors (Lipinski definition) is 2. The predicted molar refractivity (Wildman–Crippen MR) is 74.3 cm³/mol. The van der Waals surface area contributed by atoms with E-state index in [4.69, 9.17) is 9.47 Å². The third-order valence-corrected chi connectivity index (χ3v) is 2.81. The maximum absolute atomic E-state index is 13.8. The minimum atomic E-state index is -0.470. The second kappa shape index (κ2) is 8.50. The van der Waals surface area contributed by atoms with Gasteiger partial charge in [0.15, 0.2) is 0 Å². The summed E-state index contributed by atoms with van der Waals surface area (Å²) in [4.78, 5) is 11.7. The van der Waals surface area contributed by atoms with Gasteiger partial charge in [0.05, 0.1) is 31.9 Å². The smallest absolute Gasteiger partial charge is 0.234 e. The molecule has 1 rings (SSSR count). The van der Waals surface area contributed by atoms with Gasteiger partial charge in [0.1, 0.15) is 11.6 Å². The average molecular weight is 284 g/mol. The van der Waals surface area contributed by atoms with Crippen molar-refractivity contribution in [3.05, 3.63) is 29.6 Å². The Balaban J connectivity index is 2.58. The molecule has 6 heteroatoms. The average Bonchev–Trinajstić information content (AvgIpc) is 2.43. The zero-order valence-corrected chi connectivity index (χ0v) is 12.0. The number of amides is 1. The second-order valence-corrected chi connectivity index (χ2v) is 4.31. The van der Waals surface area contributed by atoms with Gasteiger partial charge in [0.25, 0.3) is 0 Å². The minimum Gasteiger partial charge on any atom is -0.496 e. The van der Waals surface area contributed by atoms with E-state index in [2.05, 4.69) is 10.6 Å². The number of benzene rings is 1. The van der Waals surface area contributed by atoms with Crippen LogP contribution in [0.15, 0.2) is 18.2 Å². The molecule has 1 atom stereocenters. The summed E-state index contributed by atoms with van der Waals surface area (Å²) in [7, 11) is 3.06. The zero-order chi connectivity index (χ0) is 15.0. The van der Waals surface area contributed by atoms with Crippen molar-refractivity contribution in [2.24, 2.45) is 0 Å². The summed E-state index contributed by atoms with van der Waals surface area (Å²) in [5.41, 5.74) is 0.347. The van der Waals surface area contributed by atoms with E-state index in [1.807, 2.05) is 0 Å². The van der Waals surface area contributed by atoms with Crippen LogP contribution in [0, 0.1) is 5.82 Å².